The van der Waals surface area contributed by atoms with Crippen molar-refractivity contribution in [3.05, 3.63) is 73.7 Å². The number of aromatic amines is 1. The van der Waals surface area contributed by atoms with Gasteiger partial charge in [0.2, 0.25) is 0 Å². The number of nitrogens with zero attached hydrogens (tertiary/aromatic N) is 3. The van der Waals surface area contributed by atoms with E-state index >= 15 is 0 Å². The van der Waals surface area contributed by atoms with Gasteiger partial charge in [0.15, 0.2) is 5.16 Å². The Morgan fingerprint density at radius 2 is 1.97 bits per heavy atom. The van der Waals surface area contributed by atoms with E-state index in [-0.39, 0.29) is 16.4 Å². The van der Waals surface area contributed by atoms with Crippen molar-refractivity contribution in [2.24, 2.45) is 0 Å². The Morgan fingerprint density at radius 3 is 2.76 bits per heavy atom. The number of para-hydroxylation sites is 1. The smallest absolute Gasteiger partial charge is 0.262 e. The minimum atomic E-state index is -0.185. The lowest BCUT2D eigenvalue weighted by atomic mass is 10.2. The summed E-state index contributed by atoms with van der Waals surface area (Å²) in [6.07, 6.45) is 1.87. The molecule has 0 fully saturated rings. The van der Waals surface area contributed by atoms with E-state index in [9.17, 15) is 9.59 Å². The Bertz CT molecular complexity index is 1550. The molecule has 1 aromatic carbocycles. The van der Waals surface area contributed by atoms with Gasteiger partial charge in [-0.2, -0.15) is 0 Å². The summed E-state index contributed by atoms with van der Waals surface area (Å²) in [5.41, 5.74) is 1.44. The van der Waals surface area contributed by atoms with Gasteiger partial charge in [0, 0.05) is 22.4 Å². The molecule has 0 spiro atoms. The predicted molar refractivity (Wildman–Crippen MR) is 139 cm³/mol. The summed E-state index contributed by atoms with van der Waals surface area (Å²) in [7, 11) is 0. The van der Waals surface area contributed by atoms with Gasteiger partial charge in [-0.05, 0) is 36.9 Å². The second-order valence-corrected chi connectivity index (χ2v) is 10.9. The number of unbranched alkanes of at least 4 members (excludes halogenated alkanes) is 1. The lowest BCUT2D eigenvalue weighted by Gasteiger charge is -2.16. The van der Waals surface area contributed by atoms with Gasteiger partial charge in [-0.15, -0.1) is 22.7 Å². The van der Waals surface area contributed by atoms with Gasteiger partial charge in [-0.1, -0.05) is 43.3 Å². The standard InChI is InChI=1S/C24H22N4O2S3/c1-3-4-11-28-23(30)15-8-5-6-9-17(15)25-24(28)33-14(2)20-26-21(29)19-16(13-32-22(19)27-20)18-10-7-12-31-18/h5-10,12-14H,3-4,11H2,1-2H3,(H,26,27,29). The zero-order valence-electron chi connectivity index (χ0n) is 18.2. The highest BCUT2D eigenvalue weighted by Crippen LogP contribution is 2.36. The number of hydrogen-bond acceptors (Lipinski definition) is 7. The number of thioether (sulfide) groups is 1. The molecular formula is C24H22N4O2S3. The van der Waals surface area contributed by atoms with Crippen molar-refractivity contribution in [2.45, 2.75) is 43.6 Å². The first-order chi connectivity index (χ1) is 16.1. The monoisotopic (exact) mass is 494 g/mol. The fourth-order valence-electron chi connectivity index (χ4n) is 3.74. The zero-order chi connectivity index (χ0) is 22.9. The maximum Gasteiger partial charge on any atom is 0.262 e. The van der Waals surface area contributed by atoms with E-state index in [0.29, 0.717) is 33.8 Å². The number of fused-ring (bicyclic) bond motifs is 2. The topological polar surface area (TPSA) is 80.6 Å². The Morgan fingerprint density at radius 1 is 1.12 bits per heavy atom. The van der Waals surface area contributed by atoms with Gasteiger partial charge in [-0.25, -0.2) is 9.97 Å². The van der Waals surface area contributed by atoms with Crippen LogP contribution in [0.5, 0.6) is 0 Å². The third-order valence-electron chi connectivity index (χ3n) is 5.48. The molecule has 1 atom stereocenters. The van der Waals surface area contributed by atoms with Gasteiger partial charge in [0.25, 0.3) is 11.1 Å². The quantitative estimate of drug-likeness (QED) is 0.219. The van der Waals surface area contributed by atoms with Crippen LogP contribution in [0.3, 0.4) is 0 Å². The van der Waals surface area contributed by atoms with Crippen molar-refractivity contribution in [3.8, 4) is 10.4 Å². The molecule has 168 valence electrons. The molecule has 0 amide bonds. The molecule has 6 nitrogen and oxygen atoms in total. The molecule has 0 aliphatic heterocycles. The maximum absolute atomic E-state index is 13.2. The molecule has 4 heterocycles. The van der Waals surface area contributed by atoms with Gasteiger partial charge in [0.1, 0.15) is 10.7 Å². The van der Waals surface area contributed by atoms with Crippen LogP contribution in [0.2, 0.25) is 0 Å². The molecule has 5 rings (SSSR count). The summed E-state index contributed by atoms with van der Waals surface area (Å²) in [6.45, 7) is 4.69. The van der Waals surface area contributed by atoms with Gasteiger partial charge in [0.05, 0.1) is 21.5 Å². The Balaban J connectivity index is 1.54. The maximum atomic E-state index is 13.2. The van der Waals surface area contributed by atoms with Crippen molar-refractivity contribution in [2.75, 3.05) is 0 Å². The molecular weight excluding hydrogens is 472 g/mol. The van der Waals surface area contributed by atoms with Gasteiger partial charge in [-0.3, -0.25) is 14.2 Å². The minimum Gasteiger partial charge on any atom is -0.309 e. The van der Waals surface area contributed by atoms with Gasteiger partial charge < -0.3 is 4.98 Å². The Kier molecular flexibility index (Phi) is 6.18. The molecule has 0 radical (unpaired) electrons. The molecule has 5 aromatic rings. The molecule has 9 heteroatoms. The summed E-state index contributed by atoms with van der Waals surface area (Å²) in [5, 5.41) is 5.71. The minimum absolute atomic E-state index is 0.0282. The van der Waals surface area contributed by atoms with Crippen molar-refractivity contribution in [1.29, 1.82) is 0 Å². The van der Waals surface area contributed by atoms with Crippen molar-refractivity contribution in [3.63, 3.8) is 0 Å². The van der Waals surface area contributed by atoms with Crippen LogP contribution in [0, 0.1) is 0 Å². The number of thiophene rings is 2. The molecule has 0 saturated carbocycles. The van der Waals surface area contributed by atoms with Crippen LogP contribution in [-0.4, -0.2) is 19.5 Å². The van der Waals surface area contributed by atoms with Crippen molar-refractivity contribution < 1.29 is 0 Å². The van der Waals surface area contributed by atoms with E-state index in [1.54, 1.807) is 15.9 Å². The summed E-state index contributed by atoms with van der Waals surface area (Å²) in [4.78, 5) is 40.5. The number of H-pyrrole nitrogens is 1. The SMILES string of the molecule is CCCCn1c(SC(C)c2nc3scc(-c4cccs4)c3c(=O)[nH]2)nc2ccccc2c1=O. The molecule has 0 saturated heterocycles. The van der Waals surface area contributed by atoms with Crippen LogP contribution < -0.4 is 11.1 Å². The van der Waals surface area contributed by atoms with E-state index in [2.05, 4.69) is 11.9 Å². The van der Waals surface area contributed by atoms with Crippen LogP contribution in [0.1, 0.15) is 37.8 Å². The highest BCUT2D eigenvalue weighted by molar-refractivity contribution is 7.99. The van der Waals surface area contributed by atoms with Crippen LogP contribution in [0.15, 0.2) is 61.9 Å². The van der Waals surface area contributed by atoms with E-state index in [4.69, 9.17) is 9.97 Å². The fraction of sp³-hybridized carbons (Fsp3) is 0.250. The molecule has 4 aromatic heterocycles. The average molecular weight is 495 g/mol. The third-order valence-corrected chi connectivity index (χ3v) is 8.35. The second-order valence-electron chi connectivity index (χ2n) is 7.74. The van der Waals surface area contributed by atoms with Crippen LogP contribution >= 0.6 is 34.4 Å². The highest BCUT2D eigenvalue weighted by atomic mass is 32.2. The van der Waals surface area contributed by atoms with E-state index in [1.807, 2.05) is 54.1 Å². The number of aromatic nitrogens is 4. The Hall–Kier alpha value is -2.75. The fourth-order valence-corrected chi connectivity index (χ4v) is 6.50. The summed E-state index contributed by atoms with van der Waals surface area (Å²) >= 11 is 4.54. The second kappa shape index (κ2) is 9.24. The molecule has 1 N–H and O–H groups in total. The number of rotatable bonds is 7. The lowest BCUT2D eigenvalue weighted by molar-refractivity contribution is 0.557. The Labute approximate surface area is 202 Å². The van der Waals surface area contributed by atoms with Crippen LogP contribution in [0.25, 0.3) is 31.6 Å². The van der Waals surface area contributed by atoms with Crippen molar-refractivity contribution in [1.82, 2.24) is 19.5 Å². The van der Waals surface area contributed by atoms with E-state index in [0.717, 1.165) is 28.1 Å². The van der Waals surface area contributed by atoms with Gasteiger partial charge >= 0.3 is 0 Å². The molecule has 0 aliphatic rings. The summed E-state index contributed by atoms with van der Waals surface area (Å²) < 4.78 is 1.75. The zero-order valence-corrected chi connectivity index (χ0v) is 20.6. The summed E-state index contributed by atoms with van der Waals surface area (Å²) in [5.74, 6) is 0.585. The number of benzene rings is 1. The molecule has 33 heavy (non-hydrogen) atoms. The lowest BCUT2D eigenvalue weighted by Crippen LogP contribution is -2.24. The van der Waals surface area contributed by atoms with Crippen molar-refractivity contribution >= 4 is 55.6 Å². The average Bonchev–Trinajstić information content (AvgIpc) is 3.49. The largest absolute Gasteiger partial charge is 0.309 e. The molecule has 0 bridgehead atoms. The number of nitrogens with one attached hydrogen (secondary N) is 1. The first-order valence-corrected chi connectivity index (χ1v) is 13.4. The molecule has 1 unspecified atom stereocenters. The molecule has 0 aliphatic carbocycles. The van der Waals surface area contributed by atoms with E-state index in [1.165, 1.54) is 23.1 Å². The normalized spacial score (nSPS) is 12.5. The first kappa shape index (κ1) is 22.1. The predicted octanol–water partition coefficient (Wildman–Crippen LogP) is 6.08. The van der Waals surface area contributed by atoms with Crippen LogP contribution in [0.4, 0.5) is 0 Å². The van der Waals surface area contributed by atoms with Crippen LogP contribution in [-0.2, 0) is 6.54 Å². The number of hydrogen-bond donors (Lipinski definition) is 1. The summed E-state index contributed by atoms with van der Waals surface area (Å²) in [6, 6.07) is 11.4. The first-order valence-electron chi connectivity index (χ1n) is 10.8. The highest BCUT2D eigenvalue weighted by Gasteiger charge is 2.20. The third kappa shape index (κ3) is 4.16. The van der Waals surface area contributed by atoms with E-state index < -0.39 is 0 Å².